The van der Waals surface area contributed by atoms with E-state index in [1.54, 1.807) is 17.3 Å². The van der Waals surface area contributed by atoms with Crippen molar-refractivity contribution in [3.8, 4) is 11.8 Å². The molecule has 1 N–H and O–H groups in total. The van der Waals surface area contributed by atoms with Gasteiger partial charge in [0.2, 0.25) is 0 Å². The van der Waals surface area contributed by atoms with E-state index in [4.69, 9.17) is 11.6 Å². The predicted octanol–water partition coefficient (Wildman–Crippen LogP) is 6.09. The molecule has 2 heterocycles. The molecule has 1 aromatic heterocycles. The van der Waals surface area contributed by atoms with Crippen molar-refractivity contribution in [1.29, 1.82) is 0 Å². The van der Waals surface area contributed by atoms with E-state index in [1.807, 2.05) is 60.7 Å². The number of alkyl halides is 2. The summed E-state index contributed by atoms with van der Waals surface area (Å²) < 4.78 is 16.6. The van der Waals surface area contributed by atoms with Gasteiger partial charge >= 0.3 is 5.92 Å². The summed E-state index contributed by atoms with van der Waals surface area (Å²) in [6, 6.07) is 23.9. The molecule has 3 aromatic rings. The van der Waals surface area contributed by atoms with Gasteiger partial charge < -0.3 is 10.2 Å². The highest BCUT2D eigenvalue weighted by molar-refractivity contribution is 6.17. The second kappa shape index (κ2) is 11.0. The van der Waals surface area contributed by atoms with Crippen LogP contribution in [0.3, 0.4) is 0 Å². The van der Waals surface area contributed by atoms with Crippen LogP contribution in [-0.4, -0.2) is 28.2 Å². The molecule has 0 aliphatic carbocycles. The number of benzene rings is 2. The lowest BCUT2D eigenvalue weighted by Gasteiger charge is -2.31. The zero-order chi connectivity index (χ0) is 22.9. The Balaban J connectivity index is 1.71. The first-order chi connectivity index (χ1) is 16.2. The molecule has 0 bridgehead atoms. The Kier molecular flexibility index (Phi) is 7.65. The minimum Gasteiger partial charge on any atom is -0.323 e. The minimum absolute atomic E-state index is 0.510. The Labute approximate surface area is 200 Å². The Bertz CT molecular complexity index is 1120. The largest absolute Gasteiger partial charge is 0.323 e. The standard InChI is InChI=1S/C28H27ClFN3/c29-19-9-3-8-18-28(30)32-26(24-14-6-2-7-15-24)27(25-16-20-31-21-17-25)33(28)22-10-13-23-11-4-1-5-12-23/h1-2,4-7,11-12,14-17,20-21,32H,3,9-10,13,19,22H2. The lowest BCUT2D eigenvalue weighted by molar-refractivity contribution is 0.0639. The van der Waals surface area contributed by atoms with Gasteiger partial charge in [-0.3, -0.25) is 4.98 Å². The number of hydrogen-bond acceptors (Lipinski definition) is 3. The van der Waals surface area contributed by atoms with E-state index in [9.17, 15) is 0 Å². The monoisotopic (exact) mass is 459 g/mol. The van der Waals surface area contributed by atoms with E-state index in [-0.39, 0.29) is 0 Å². The fraction of sp³-hybridized carbons (Fsp3) is 0.250. The van der Waals surface area contributed by atoms with E-state index in [2.05, 4.69) is 34.3 Å². The van der Waals surface area contributed by atoms with Crippen molar-refractivity contribution < 1.29 is 4.39 Å². The van der Waals surface area contributed by atoms with Crippen LogP contribution < -0.4 is 5.32 Å². The number of aromatic nitrogens is 1. The molecule has 1 atom stereocenters. The van der Waals surface area contributed by atoms with Crippen LogP contribution in [0.1, 0.15) is 36.0 Å². The van der Waals surface area contributed by atoms with Crippen molar-refractivity contribution >= 4 is 23.0 Å². The van der Waals surface area contributed by atoms with Crippen molar-refractivity contribution in [3.63, 3.8) is 0 Å². The lowest BCUT2D eigenvalue weighted by atomic mass is 10.1. The summed E-state index contributed by atoms with van der Waals surface area (Å²) in [6.45, 7) is 0.510. The Hall–Kier alpha value is -3.29. The Morgan fingerprint density at radius 1 is 0.909 bits per heavy atom. The summed E-state index contributed by atoms with van der Waals surface area (Å²) in [7, 11) is 0. The topological polar surface area (TPSA) is 28.2 Å². The van der Waals surface area contributed by atoms with Gasteiger partial charge in [0, 0.05) is 36.8 Å². The molecule has 0 saturated carbocycles. The Morgan fingerprint density at radius 3 is 2.30 bits per heavy atom. The van der Waals surface area contributed by atoms with Crippen LogP contribution in [-0.2, 0) is 6.42 Å². The normalized spacial score (nSPS) is 17.5. The van der Waals surface area contributed by atoms with Gasteiger partial charge in [0.15, 0.2) is 0 Å². The van der Waals surface area contributed by atoms with Crippen molar-refractivity contribution in [1.82, 2.24) is 15.2 Å². The molecule has 33 heavy (non-hydrogen) atoms. The second-order valence-corrected chi connectivity index (χ2v) is 8.29. The molecule has 1 aliphatic heterocycles. The van der Waals surface area contributed by atoms with E-state index in [1.165, 1.54) is 5.56 Å². The SMILES string of the molecule is FC1(C#CCCCCl)NC(c2ccccc2)=C(c2ccncc2)N1CCCc1ccccc1. The molecule has 0 radical (unpaired) electrons. The van der Waals surface area contributed by atoms with Crippen LogP contribution in [0.2, 0.25) is 0 Å². The number of hydrogen-bond donors (Lipinski definition) is 1. The van der Waals surface area contributed by atoms with Gasteiger partial charge in [-0.1, -0.05) is 66.6 Å². The third-order valence-corrected chi connectivity index (χ3v) is 5.83. The summed E-state index contributed by atoms with van der Waals surface area (Å²) in [4.78, 5) is 5.92. The predicted molar refractivity (Wildman–Crippen MR) is 134 cm³/mol. The van der Waals surface area contributed by atoms with Crippen molar-refractivity contribution in [2.45, 2.75) is 31.6 Å². The first-order valence-corrected chi connectivity index (χ1v) is 11.8. The average Bonchev–Trinajstić information content (AvgIpc) is 3.16. The maximum atomic E-state index is 16.6. The van der Waals surface area contributed by atoms with Crippen LogP contribution in [0.5, 0.6) is 0 Å². The Morgan fingerprint density at radius 2 is 1.61 bits per heavy atom. The molecular formula is C28H27ClFN3. The summed E-state index contributed by atoms with van der Waals surface area (Å²) in [5.41, 5.74) is 4.58. The highest BCUT2D eigenvalue weighted by atomic mass is 35.5. The van der Waals surface area contributed by atoms with Crippen molar-refractivity contribution in [2.24, 2.45) is 0 Å². The molecule has 0 saturated heterocycles. The maximum Gasteiger partial charge on any atom is 0.323 e. The molecule has 2 aromatic carbocycles. The van der Waals surface area contributed by atoms with Gasteiger partial charge in [0.05, 0.1) is 11.4 Å². The first-order valence-electron chi connectivity index (χ1n) is 11.3. The average molecular weight is 460 g/mol. The minimum atomic E-state index is -2.01. The van der Waals surface area contributed by atoms with E-state index in [0.29, 0.717) is 18.8 Å². The summed E-state index contributed by atoms with van der Waals surface area (Å²) in [5, 5.41) is 3.12. The van der Waals surface area contributed by atoms with Crippen molar-refractivity contribution in [3.05, 3.63) is 102 Å². The molecule has 0 spiro atoms. The van der Waals surface area contributed by atoms with Gasteiger partial charge in [-0.15, -0.1) is 11.6 Å². The van der Waals surface area contributed by atoms with Crippen LogP contribution in [0.25, 0.3) is 11.4 Å². The highest BCUT2D eigenvalue weighted by Crippen LogP contribution is 2.40. The van der Waals surface area contributed by atoms with E-state index >= 15 is 4.39 Å². The zero-order valence-electron chi connectivity index (χ0n) is 18.5. The smallest absolute Gasteiger partial charge is 0.323 e. The van der Waals surface area contributed by atoms with Gasteiger partial charge in [-0.05, 0) is 48.4 Å². The molecule has 5 heteroatoms. The molecule has 1 aliphatic rings. The van der Waals surface area contributed by atoms with Gasteiger partial charge in [-0.2, -0.15) is 4.39 Å². The van der Waals surface area contributed by atoms with Crippen LogP contribution in [0.4, 0.5) is 4.39 Å². The molecule has 3 nitrogen and oxygen atoms in total. The molecule has 1 unspecified atom stereocenters. The van der Waals surface area contributed by atoms with Crippen LogP contribution in [0.15, 0.2) is 85.2 Å². The van der Waals surface area contributed by atoms with Crippen LogP contribution in [0, 0.1) is 11.8 Å². The van der Waals surface area contributed by atoms with Gasteiger partial charge in [-0.25, -0.2) is 0 Å². The van der Waals surface area contributed by atoms with Gasteiger partial charge in [0.25, 0.3) is 0 Å². The fourth-order valence-electron chi connectivity index (χ4n) is 3.99. The van der Waals surface area contributed by atoms with E-state index < -0.39 is 5.92 Å². The lowest BCUT2D eigenvalue weighted by Crippen LogP contribution is -2.48. The van der Waals surface area contributed by atoms with Crippen molar-refractivity contribution in [2.75, 3.05) is 12.4 Å². The quantitative estimate of drug-likeness (QED) is 0.191. The summed E-state index contributed by atoms with van der Waals surface area (Å²) in [6.07, 6.45) is 6.40. The molecular weight excluding hydrogens is 433 g/mol. The number of nitrogens with one attached hydrogen (secondary N) is 1. The first kappa shape index (κ1) is 22.9. The summed E-state index contributed by atoms with van der Waals surface area (Å²) in [5.74, 6) is 4.38. The van der Waals surface area contributed by atoms with E-state index in [0.717, 1.165) is 41.8 Å². The molecule has 4 rings (SSSR count). The van der Waals surface area contributed by atoms with Gasteiger partial charge in [0.1, 0.15) is 0 Å². The maximum absolute atomic E-state index is 16.6. The molecule has 168 valence electrons. The second-order valence-electron chi connectivity index (χ2n) is 7.91. The number of unbranched alkanes of at least 4 members (excludes halogenated alkanes) is 1. The number of nitrogens with zero attached hydrogens (tertiary/aromatic N) is 2. The number of aryl methyl sites for hydroxylation is 1. The third kappa shape index (κ3) is 5.56. The fourth-order valence-corrected chi connectivity index (χ4v) is 4.12. The molecule has 0 amide bonds. The third-order valence-electron chi connectivity index (χ3n) is 5.56. The number of halogens is 2. The highest BCUT2D eigenvalue weighted by Gasteiger charge is 2.45. The van der Waals surface area contributed by atoms with Crippen LogP contribution >= 0.6 is 11.6 Å². The summed E-state index contributed by atoms with van der Waals surface area (Å²) >= 11 is 5.79. The zero-order valence-corrected chi connectivity index (χ0v) is 19.2. The number of pyridine rings is 1. The number of rotatable bonds is 8. The molecule has 0 fully saturated rings.